The quantitative estimate of drug-likeness (QED) is 0.739. The highest BCUT2D eigenvalue weighted by Gasteiger charge is 2.59. The third-order valence-corrected chi connectivity index (χ3v) is 6.07. The summed E-state index contributed by atoms with van der Waals surface area (Å²) < 4.78 is 9.68. The van der Waals surface area contributed by atoms with Crippen LogP contribution >= 0.6 is 11.6 Å². The Labute approximate surface area is 162 Å². The van der Waals surface area contributed by atoms with E-state index in [0.29, 0.717) is 17.9 Å². The predicted molar refractivity (Wildman–Crippen MR) is 97.8 cm³/mol. The Bertz CT molecular complexity index is 779. The largest absolute Gasteiger partial charge is 0.467 e. The van der Waals surface area contributed by atoms with E-state index in [2.05, 4.69) is 5.16 Å². The second kappa shape index (κ2) is 6.41. The maximum absolute atomic E-state index is 12.2. The molecule has 1 aromatic rings. The van der Waals surface area contributed by atoms with Gasteiger partial charge < -0.3 is 14.3 Å². The molecule has 1 aliphatic carbocycles. The summed E-state index contributed by atoms with van der Waals surface area (Å²) in [6.07, 6.45) is 2.31. The second-order valence-corrected chi connectivity index (χ2v) is 7.86. The minimum Gasteiger partial charge on any atom is -0.467 e. The van der Waals surface area contributed by atoms with E-state index in [9.17, 15) is 9.59 Å². The molecule has 27 heavy (non-hydrogen) atoms. The first-order chi connectivity index (χ1) is 12.9. The first-order valence-corrected chi connectivity index (χ1v) is 9.25. The van der Waals surface area contributed by atoms with Gasteiger partial charge in [-0.05, 0) is 30.5 Å². The van der Waals surface area contributed by atoms with Crippen LogP contribution in [-0.4, -0.2) is 55.1 Å². The molecule has 1 spiro atoms. The number of nitrogens with zero attached hydrogens (tertiary/aromatic N) is 2. The molecule has 0 radical (unpaired) electrons. The van der Waals surface area contributed by atoms with Crippen LogP contribution in [0.2, 0.25) is 5.02 Å². The normalized spacial score (nSPS) is 27.9. The summed E-state index contributed by atoms with van der Waals surface area (Å²) >= 11 is 6.01. The molecule has 2 unspecified atom stereocenters. The lowest BCUT2D eigenvalue weighted by Gasteiger charge is -2.22. The fourth-order valence-corrected chi connectivity index (χ4v) is 4.34. The van der Waals surface area contributed by atoms with E-state index in [-0.39, 0.29) is 12.0 Å². The predicted octanol–water partition coefficient (Wildman–Crippen LogP) is 2.90. The van der Waals surface area contributed by atoms with Crippen LogP contribution in [-0.2, 0) is 24.5 Å². The molecule has 8 heteroatoms. The molecule has 0 aromatic heterocycles. The van der Waals surface area contributed by atoms with Crippen molar-refractivity contribution in [3.8, 4) is 0 Å². The van der Waals surface area contributed by atoms with Gasteiger partial charge in [-0.2, -0.15) is 0 Å². The van der Waals surface area contributed by atoms with Crippen LogP contribution in [0.1, 0.15) is 31.2 Å². The topological polar surface area (TPSA) is 77.4 Å². The first-order valence-electron chi connectivity index (χ1n) is 8.87. The number of likely N-dealkylation sites (tertiary alicyclic amines) is 1. The van der Waals surface area contributed by atoms with E-state index in [0.717, 1.165) is 18.6 Å². The molecule has 144 valence electrons. The number of benzene rings is 1. The van der Waals surface area contributed by atoms with Crippen LogP contribution in [0.25, 0.3) is 0 Å². The van der Waals surface area contributed by atoms with Crippen molar-refractivity contribution in [1.29, 1.82) is 0 Å². The number of amides is 1. The zero-order valence-corrected chi connectivity index (χ0v) is 16.0. The lowest BCUT2D eigenvalue weighted by molar-refractivity contribution is -0.145. The number of halogens is 1. The molecule has 3 aliphatic rings. The van der Waals surface area contributed by atoms with Gasteiger partial charge in [0, 0.05) is 23.3 Å². The Morgan fingerprint density at radius 2 is 1.93 bits per heavy atom. The zero-order chi connectivity index (χ0) is 19.2. The molecule has 1 saturated carbocycles. The minimum atomic E-state index is -0.734. The fraction of sp³-hybridized carbons (Fsp3) is 0.526. The summed E-state index contributed by atoms with van der Waals surface area (Å²) in [5.41, 5.74) is 1.27. The minimum absolute atomic E-state index is 0.131. The van der Waals surface area contributed by atoms with E-state index in [1.54, 1.807) is 0 Å². The highest BCUT2D eigenvalue weighted by Crippen LogP contribution is 2.54. The molecule has 7 nitrogen and oxygen atoms in total. The van der Waals surface area contributed by atoms with Gasteiger partial charge in [-0.3, -0.25) is 4.90 Å². The first kappa shape index (κ1) is 18.1. The average molecular weight is 393 g/mol. The van der Waals surface area contributed by atoms with Crippen LogP contribution < -0.4 is 0 Å². The highest BCUT2D eigenvalue weighted by molar-refractivity contribution is 6.30. The third-order valence-electron chi connectivity index (χ3n) is 5.82. The highest BCUT2D eigenvalue weighted by atomic mass is 35.5. The van der Waals surface area contributed by atoms with Gasteiger partial charge >= 0.3 is 12.1 Å². The molecule has 2 atom stereocenters. The number of hydrogen-bond donors (Lipinski definition) is 0. The van der Waals surface area contributed by atoms with Gasteiger partial charge in [0.05, 0.1) is 26.5 Å². The van der Waals surface area contributed by atoms with Crippen LogP contribution in [0.3, 0.4) is 0 Å². The number of hydrogen-bond acceptors (Lipinski definition) is 6. The Morgan fingerprint density at radius 1 is 1.22 bits per heavy atom. The Morgan fingerprint density at radius 3 is 2.52 bits per heavy atom. The fourth-order valence-electron chi connectivity index (χ4n) is 4.21. The van der Waals surface area contributed by atoms with Crippen LogP contribution in [0.15, 0.2) is 29.4 Å². The molecule has 2 heterocycles. The van der Waals surface area contributed by atoms with Crippen molar-refractivity contribution < 1.29 is 23.9 Å². The molecular weight excluding hydrogens is 372 g/mol. The number of rotatable bonds is 3. The van der Waals surface area contributed by atoms with Gasteiger partial charge in [0.15, 0.2) is 5.60 Å². The van der Waals surface area contributed by atoms with E-state index in [1.807, 2.05) is 24.3 Å². The van der Waals surface area contributed by atoms with Crippen molar-refractivity contribution in [3.05, 3.63) is 34.9 Å². The van der Waals surface area contributed by atoms with Crippen LogP contribution in [0.5, 0.6) is 0 Å². The van der Waals surface area contributed by atoms with Gasteiger partial charge in [0.2, 0.25) is 0 Å². The molecule has 4 rings (SSSR count). The molecule has 1 saturated heterocycles. The standard InChI is InChI=1S/C19H21ClN2O5/c1-25-16(23)14-9-18(11-22(14)17(24)26-2)10-15(21-27-18)19(7-8-19)12-3-5-13(20)6-4-12/h3-6,14H,7-11H2,1-2H3. The summed E-state index contributed by atoms with van der Waals surface area (Å²) in [4.78, 5) is 31.5. The van der Waals surface area contributed by atoms with Crippen LogP contribution in [0.4, 0.5) is 4.79 Å². The van der Waals surface area contributed by atoms with Crippen LogP contribution in [0, 0.1) is 0 Å². The SMILES string of the molecule is COC(=O)C1CC2(CC(C3(c4ccc(Cl)cc4)CC3)=NO2)CN1C(=O)OC. The summed E-state index contributed by atoms with van der Waals surface area (Å²) in [5.74, 6) is -0.479. The molecule has 1 amide bonds. The molecule has 0 bridgehead atoms. The maximum Gasteiger partial charge on any atom is 0.410 e. The smallest absolute Gasteiger partial charge is 0.410 e. The second-order valence-electron chi connectivity index (χ2n) is 7.42. The number of oxime groups is 1. The van der Waals surface area contributed by atoms with E-state index >= 15 is 0 Å². The van der Waals surface area contributed by atoms with Gasteiger partial charge in [-0.1, -0.05) is 28.9 Å². The average Bonchev–Trinajstić information content (AvgIpc) is 3.26. The van der Waals surface area contributed by atoms with E-state index in [1.165, 1.54) is 24.7 Å². The number of methoxy groups -OCH3 is 2. The zero-order valence-electron chi connectivity index (χ0n) is 15.2. The summed E-state index contributed by atoms with van der Waals surface area (Å²) in [6, 6.07) is 7.07. The van der Waals surface area contributed by atoms with Crippen molar-refractivity contribution in [3.63, 3.8) is 0 Å². The Hall–Kier alpha value is -2.28. The maximum atomic E-state index is 12.2. The van der Waals surface area contributed by atoms with Gasteiger partial charge in [-0.15, -0.1) is 0 Å². The lowest BCUT2D eigenvalue weighted by Crippen LogP contribution is -2.41. The molecule has 2 aliphatic heterocycles. The Balaban J connectivity index is 1.55. The lowest BCUT2D eigenvalue weighted by atomic mass is 9.83. The van der Waals surface area contributed by atoms with E-state index < -0.39 is 23.7 Å². The monoisotopic (exact) mass is 392 g/mol. The number of carbonyl (C=O) groups excluding carboxylic acids is 2. The van der Waals surface area contributed by atoms with Crippen molar-refractivity contribution in [2.75, 3.05) is 20.8 Å². The number of ether oxygens (including phenoxy) is 2. The summed E-state index contributed by atoms with van der Waals surface area (Å²) in [7, 11) is 2.60. The molecule has 2 fully saturated rings. The van der Waals surface area contributed by atoms with Crippen molar-refractivity contribution in [2.24, 2.45) is 5.16 Å². The van der Waals surface area contributed by atoms with E-state index in [4.69, 9.17) is 25.9 Å². The Kier molecular flexibility index (Phi) is 4.29. The molecule has 0 N–H and O–H groups in total. The summed E-state index contributed by atoms with van der Waals surface area (Å²) in [6.45, 7) is 0.239. The number of esters is 1. The van der Waals surface area contributed by atoms with Gasteiger partial charge in [0.25, 0.3) is 0 Å². The van der Waals surface area contributed by atoms with Crippen molar-refractivity contribution in [2.45, 2.75) is 42.7 Å². The third kappa shape index (κ3) is 2.94. The summed E-state index contributed by atoms with van der Waals surface area (Å²) in [5, 5.41) is 5.09. The van der Waals surface area contributed by atoms with Crippen molar-refractivity contribution in [1.82, 2.24) is 4.90 Å². The molecule has 1 aromatic carbocycles. The van der Waals surface area contributed by atoms with Gasteiger partial charge in [0.1, 0.15) is 6.04 Å². The number of carbonyl (C=O) groups is 2. The van der Waals surface area contributed by atoms with Gasteiger partial charge in [-0.25, -0.2) is 9.59 Å². The molecular formula is C19H21ClN2O5. The van der Waals surface area contributed by atoms with Crippen molar-refractivity contribution >= 4 is 29.4 Å².